The highest BCUT2D eigenvalue weighted by Crippen LogP contribution is 2.37. The second-order valence-electron chi connectivity index (χ2n) is 7.46. The molecule has 0 aliphatic heterocycles. The van der Waals surface area contributed by atoms with Crippen LogP contribution in [0, 0.1) is 0 Å². The Bertz CT molecular complexity index is 1500. The zero-order valence-electron chi connectivity index (χ0n) is 17.7. The third-order valence-corrected chi connectivity index (χ3v) is 6.88. The number of aromatic hydroxyl groups is 1. The van der Waals surface area contributed by atoms with Gasteiger partial charge in [0.1, 0.15) is 0 Å². The Hall–Kier alpha value is -3.21. The summed E-state index contributed by atoms with van der Waals surface area (Å²) >= 11 is 9.27. The minimum atomic E-state index is -3.59. The fourth-order valence-electron chi connectivity index (χ4n) is 3.32. The molecule has 3 aromatic carbocycles. The Morgan fingerprint density at radius 1 is 1.09 bits per heavy atom. The Morgan fingerprint density at radius 3 is 2.41 bits per heavy atom. The molecule has 0 aliphatic rings. The van der Waals surface area contributed by atoms with Gasteiger partial charge in [-0.2, -0.15) is 0 Å². The van der Waals surface area contributed by atoms with Crippen LogP contribution in [0.3, 0.4) is 0 Å². The van der Waals surface area contributed by atoms with E-state index in [-0.39, 0.29) is 23.7 Å². The molecule has 8 nitrogen and oxygen atoms in total. The molecule has 0 saturated carbocycles. The number of hydrogen-bond acceptors (Lipinski definition) is 5. The van der Waals surface area contributed by atoms with Crippen molar-refractivity contribution in [3.63, 3.8) is 0 Å². The number of nitrogens with zero attached hydrogens (tertiary/aromatic N) is 3. The maximum absolute atomic E-state index is 12.5. The molecule has 0 aliphatic carbocycles. The van der Waals surface area contributed by atoms with E-state index in [0.29, 0.717) is 21.6 Å². The summed E-state index contributed by atoms with van der Waals surface area (Å²) in [5.41, 5.74) is 2.16. The van der Waals surface area contributed by atoms with Crippen molar-refractivity contribution in [2.45, 2.75) is 6.54 Å². The maximum atomic E-state index is 12.5. The third-order valence-electron chi connectivity index (χ3n) is 5.00. The molecule has 0 fully saturated rings. The van der Waals surface area contributed by atoms with Crippen molar-refractivity contribution in [2.75, 3.05) is 10.6 Å². The Kier molecular flexibility index (Phi) is 6.74. The minimum Gasteiger partial charge on any atom is -0.493 e. The first-order valence-corrected chi connectivity index (χ1v) is 12.9. The Labute approximate surface area is 209 Å². The number of carbonyl (C=O) groups excluding carboxylic acids is 1. The van der Waals surface area contributed by atoms with Crippen molar-refractivity contribution >= 4 is 65.7 Å². The molecule has 0 bridgehead atoms. The fraction of sp³-hybridized carbons (Fsp3) is 0.0870. The number of sulfonamides is 1. The van der Waals surface area contributed by atoms with Crippen LogP contribution in [-0.4, -0.2) is 30.7 Å². The molecule has 0 radical (unpaired) electrons. The van der Waals surface area contributed by atoms with E-state index >= 15 is 0 Å². The summed E-state index contributed by atoms with van der Waals surface area (Å²) in [5, 5.41) is 18.9. The number of fused-ring (bicyclic) bond motifs is 1. The predicted octanol–water partition coefficient (Wildman–Crippen LogP) is 6.18. The van der Waals surface area contributed by atoms with Gasteiger partial charge in [0.25, 0.3) is 5.91 Å². The molecule has 2 N–H and O–H groups in total. The number of azo groups is 1. The van der Waals surface area contributed by atoms with Crippen LogP contribution < -0.4 is 4.31 Å². The van der Waals surface area contributed by atoms with Gasteiger partial charge in [-0.15, -0.1) is 10.2 Å². The van der Waals surface area contributed by atoms with Crippen LogP contribution in [0.4, 0.5) is 11.4 Å². The summed E-state index contributed by atoms with van der Waals surface area (Å²) in [7, 11) is -3.59. The number of aromatic amines is 1. The maximum Gasteiger partial charge on any atom is 0.295 e. The van der Waals surface area contributed by atoms with Gasteiger partial charge in [0.2, 0.25) is 15.9 Å². The predicted molar refractivity (Wildman–Crippen MR) is 135 cm³/mol. The minimum absolute atomic E-state index is 0.110. The second kappa shape index (κ2) is 9.57. The number of halogens is 2. The van der Waals surface area contributed by atoms with Gasteiger partial charge in [-0.05, 0) is 60.2 Å². The molecule has 4 aromatic rings. The number of hydrogen-bond donors (Lipinski definition) is 2. The molecule has 34 heavy (non-hydrogen) atoms. The van der Waals surface area contributed by atoms with Crippen molar-refractivity contribution in [1.82, 2.24) is 4.98 Å². The summed E-state index contributed by atoms with van der Waals surface area (Å²) in [6.07, 6.45) is 1.11. The SMILES string of the molecule is CS(=O)(=O)N(Cc1ccc(Cl)cc1)c1ccc(C(=O)N=Nc2c(O)[nH]c3ccc(Br)cc23)cc1. The van der Waals surface area contributed by atoms with Crippen molar-refractivity contribution in [1.29, 1.82) is 0 Å². The van der Waals surface area contributed by atoms with Gasteiger partial charge in [-0.25, -0.2) is 8.42 Å². The van der Waals surface area contributed by atoms with E-state index in [2.05, 4.69) is 31.1 Å². The Morgan fingerprint density at radius 2 is 1.76 bits per heavy atom. The van der Waals surface area contributed by atoms with Crippen molar-refractivity contribution in [3.05, 3.63) is 87.4 Å². The highest BCUT2D eigenvalue weighted by Gasteiger charge is 2.19. The second-order valence-corrected chi connectivity index (χ2v) is 10.7. The van der Waals surface area contributed by atoms with Crippen LogP contribution in [0.15, 0.2) is 81.4 Å². The van der Waals surface area contributed by atoms with Crippen LogP contribution >= 0.6 is 27.5 Å². The van der Waals surface area contributed by atoms with E-state index in [9.17, 15) is 18.3 Å². The number of benzene rings is 3. The van der Waals surface area contributed by atoms with Gasteiger partial charge < -0.3 is 10.1 Å². The van der Waals surface area contributed by atoms with Crippen molar-refractivity contribution < 1.29 is 18.3 Å². The van der Waals surface area contributed by atoms with Gasteiger partial charge in [0.15, 0.2) is 5.69 Å². The molecular weight excluding hydrogens is 544 g/mol. The lowest BCUT2D eigenvalue weighted by Gasteiger charge is -2.22. The number of aromatic nitrogens is 1. The number of nitrogens with one attached hydrogen (secondary N) is 1. The summed E-state index contributed by atoms with van der Waals surface area (Å²) in [5.74, 6) is -0.843. The quantitative estimate of drug-likeness (QED) is 0.274. The van der Waals surface area contributed by atoms with Crippen LogP contribution in [0.5, 0.6) is 5.88 Å². The van der Waals surface area contributed by atoms with E-state index in [1.807, 2.05) is 0 Å². The molecular formula is C23H18BrClN4O4S. The molecule has 0 saturated heterocycles. The van der Waals surface area contributed by atoms with Gasteiger partial charge in [0, 0.05) is 20.4 Å². The molecule has 0 atom stereocenters. The van der Waals surface area contributed by atoms with E-state index in [0.717, 1.165) is 16.3 Å². The van der Waals surface area contributed by atoms with Gasteiger partial charge >= 0.3 is 0 Å². The average molecular weight is 562 g/mol. The van der Waals surface area contributed by atoms with E-state index in [4.69, 9.17) is 11.6 Å². The van der Waals surface area contributed by atoms with Gasteiger partial charge in [-0.3, -0.25) is 9.10 Å². The molecule has 11 heteroatoms. The fourth-order valence-corrected chi connectivity index (χ4v) is 4.69. The standard InChI is InChI=1S/C23H18BrClN4O4S/c1-34(32,33)29(13-14-2-7-17(25)8-3-14)18-9-4-15(5-10-18)22(30)28-27-21-19-12-16(24)6-11-20(19)26-23(21)31/h2-12,26,31H,13H2,1H3. The molecule has 0 unspecified atom stereocenters. The summed E-state index contributed by atoms with van der Waals surface area (Å²) < 4.78 is 26.8. The topological polar surface area (TPSA) is 115 Å². The first kappa shape index (κ1) is 23.9. The molecule has 1 amide bonds. The first-order chi connectivity index (χ1) is 16.1. The molecule has 1 aromatic heterocycles. The summed E-state index contributed by atoms with van der Waals surface area (Å²) in [6.45, 7) is 0.110. The molecule has 174 valence electrons. The highest BCUT2D eigenvalue weighted by atomic mass is 79.9. The van der Waals surface area contributed by atoms with E-state index in [1.54, 1.807) is 42.5 Å². The normalized spacial score (nSPS) is 11.9. The zero-order chi connectivity index (χ0) is 24.5. The lowest BCUT2D eigenvalue weighted by Crippen LogP contribution is -2.29. The van der Waals surface area contributed by atoms with Crippen LogP contribution in [0.1, 0.15) is 15.9 Å². The van der Waals surface area contributed by atoms with E-state index in [1.165, 1.54) is 28.6 Å². The average Bonchev–Trinajstić information content (AvgIpc) is 3.10. The van der Waals surface area contributed by atoms with Gasteiger partial charge in [0.05, 0.1) is 24.0 Å². The van der Waals surface area contributed by atoms with Crippen LogP contribution in [0.2, 0.25) is 5.02 Å². The van der Waals surface area contributed by atoms with Crippen LogP contribution in [0.25, 0.3) is 10.9 Å². The lowest BCUT2D eigenvalue weighted by atomic mass is 10.2. The Balaban J connectivity index is 1.56. The molecule has 4 rings (SSSR count). The molecule has 1 heterocycles. The number of anilines is 1. The number of rotatable bonds is 6. The largest absolute Gasteiger partial charge is 0.493 e. The number of carbonyl (C=O) groups is 1. The third kappa shape index (κ3) is 5.30. The first-order valence-electron chi connectivity index (χ1n) is 9.90. The van der Waals surface area contributed by atoms with Crippen molar-refractivity contribution in [2.24, 2.45) is 10.2 Å². The molecule has 0 spiro atoms. The van der Waals surface area contributed by atoms with Crippen LogP contribution in [-0.2, 0) is 16.6 Å². The lowest BCUT2D eigenvalue weighted by molar-refractivity contribution is 0.0995. The van der Waals surface area contributed by atoms with Crippen molar-refractivity contribution in [3.8, 4) is 5.88 Å². The summed E-state index contributed by atoms with van der Waals surface area (Å²) in [4.78, 5) is 15.3. The highest BCUT2D eigenvalue weighted by molar-refractivity contribution is 9.10. The van der Waals surface area contributed by atoms with Gasteiger partial charge in [-0.1, -0.05) is 39.7 Å². The number of amides is 1. The monoisotopic (exact) mass is 560 g/mol. The van der Waals surface area contributed by atoms with E-state index < -0.39 is 15.9 Å². The number of H-pyrrole nitrogens is 1. The zero-order valence-corrected chi connectivity index (χ0v) is 20.9. The summed E-state index contributed by atoms with van der Waals surface area (Å²) in [6, 6.07) is 18.2. The smallest absolute Gasteiger partial charge is 0.295 e.